The van der Waals surface area contributed by atoms with Gasteiger partial charge in [-0.05, 0) is 44.0 Å². The fourth-order valence-corrected chi connectivity index (χ4v) is 4.14. The lowest BCUT2D eigenvalue weighted by Crippen LogP contribution is -3.13. The summed E-state index contributed by atoms with van der Waals surface area (Å²) in [6.45, 7) is 9.36. The molecule has 0 saturated carbocycles. The number of fused-ring (bicyclic) bond motifs is 1. The molecule has 1 N–H and O–H groups in total. The average molecular weight is 370 g/mol. The SMILES string of the molecule is Cc1noc(C)c1CCC(=O)N1CC[NH+](Cc2ccc3c(c2)CCO3)CC1. The molecule has 2 aliphatic rings. The van der Waals surface area contributed by atoms with E-state index in [1.54, 1.807) is 4.90 Å². The van der Waals surface area contributed by atoms with Crippen molar-refractivity contribution in [2.24, 2.45) is 0 Å². The van der Waals surface area contributed by atoms with Gasteiger partial charge in [0, 0.05) is 24.0 Å². The van der Waals surface area contributed by atoms with E-state index in [4.69, 9.17) is 9.26 Å². The van der Waals surface area contributed by atoms with Gasteiger partial charge in [0.1, 0.15) is 18.1 Å². The molecule has 27 heavy (non-hydrogen) atoms. The lowest BCUT2D eigenvalue weighted by Gasteiger charge is -2.32. The minimum Gasteiger partial charge on any atom is -0.493 e. The minimum absolute atomic E-state index is 0.240. The topological polar surface area (TPSA) is 60.0 Å². The number of hydrogen-bond acceptors (Lipinski definition) is 4. The average Bonchev–Trinajstić information content (AvgIpc) is 3.26. The van der Waals surface area contributed by atoms with Crippen molar-refractivity contribution >= 4 is 5.91 Å². The second-order valence-corrected chi connectivity index (χ2v) is 7.65. The van der Waals surface area contributed by atoms with Crippen molar-refractivity contribution in [3.63, 3.8) is 0 Å². The molecule has 1 saturated heterocycles. The number of nitrogens with one attached hydrogen (secondary N) is 1. The maximum atomic E-state index is 12.6. The summed E-state index contributed by atoms with van der Waals surface area (Å²) in [5.74, 6) is 2.11. The number of aryl methyl sites for hydroxylation is 2. The van der Waals surface area contributed by atoms with E-state index in [-0.39, 0.29) is 5.91 Å². The normalized spacial score (nSPS) is 17.0. The van der Waals surface area contributed by atoms with Crippen LogP contribution in [-0.4, -0.2) is 48.7 Å². The van der Waals surface area contributed by atoms with Crippen molar-refractivity contribution in [1.29, 1.82) is 0 Å². The van der Waals surface area contributed by atoms with Crippen LogP contribution in [0.15, 0.2) is 22.7 Å². The van der Waals surface area contributed by atoms with Gasteiger partial charge in [0.2, 0.25) is 5.91 Å². The number of piperazine rings is 1. The molecule has 0 unspecified atom stereocenters. The van der Waals surface area contributed by atoms with E-state index in [0.29, 0.717) is 12.8 Å². The van der Waals surface area contributed by atoms with Gasteiger partial charge >= 0.3 is 0 Å². The first-order valence-electron chi connectivity index (χ1n) is 9.88. The molecule has 0 spiro atoms. The van der Waals surface area contributed by atoms with E-state index in [2.05, 4.69) is 23.4 Å². The van der Waals surface area contributed by atoms with Crippen LogP contribution >= 0.6 is 0 Å². The predicted octanol–water partition coefficient (Wildman–Crippen LogP) is 1.09. The zero-order chi connectivity index (χ0) is 18.8. The third kappa shape index (κ3) is 4.00. The van der Waals surface area contributed by atoms with Crippen LogP contribution in [0.4, 0.5) is 0 Å². The molecule has 1 fully saturated rings. The van der Waals surface area contributed by atoms with Gasteiger partial charge in [-0.3, -0.25) is 4.79 Å². The largest absolute Gasteiger partial charge is 0.493 e. The number of nitrogens with zero attached hydrogens (tertiary/aromatic N) is 2. The Bertz CT molecular complexity index is 803. The smallest absolute Gasteiger partial charge is 0.223 e. The third-order valence-corrected chi connectivity index (χ3v) is 5.80. The molecule has 1 aromatic carbocycles. The predicted molar refractivity (Wildman–Crippen MR) is 101 cm³/mol. The van der Waals surface area contributed by atoms with Crippen molar-refractivity contribution < 1.29 is 19.0 Å². The van der Waals surface area contributed by atoms with Gasteiger partial charge in [-0.2, -0.15) is 0 Å². The van der Waals surface area contributed by atoms with Crippen LogP contribution in [0, 0.1) is 13.8 Å². The Morgan fingerprint density at radius 1 is 1.26 bits per heavy atom. The van der Waals surface area contributed by atoms with Gasteiger partial charge in [0.05, 0.1) is 38.5 Å². The Morgan fingerprint density at radius 2 is 2.07 bits per heavy atom. The summed E-state index contributed by atoms with van der Waals surface area (Å²) in [7, 11) is 0. The van der Waals surface area contributed by atoms with Gasteiger partial charge in [0.25, 0.3) is 0 Å². The summed E-state index contributed by atoms with van der Waals surface area (Å²) in [6.07, 6.45) is 2.26. The molecule has 1 aromatic heterocycles. The maximum absolute atomic E-state index is 12.6. The Hall–Kier alpha value is -2.34. The quantitative estimate of drug-likeness (QED) is 0.856. The zero-order valence-corrected chi connectivity index (χ0v) is 16.2. The van der Waals surface area contributed by atoms with Gasteiger partial charge in [-0.15, -0.1) is 0 Å². The Kier molecular flexibility index (Phi) is 5.16. The number of ether oxygens (including phenoxy) is 1. The monoisotopic (exact) mass is 370 g/mol. The summed E-state index contributed by atoms with van der Waals surface area (Å²) in [5.41, 5.74) is 4.68. The second-order valence-electron chi connectivity index (χ2n) is 7.65. The first-order valence-corrected chi connectivity index (χ1v) is 9.88. The highest BCUT2D eigenvalue weighted by atomic mass is 16.5. The standard InChI is InChI=1S/C21H27N3O3/c1-15-19(16(2)27-22-15)4-6-21(25)24-10-8-23(9-11-24)14-17-3-5-20-18(13-17)7-12-26-20/h3,5,13H,4,6-12,14H2,1-2H3/p+1. The van der Waals surface area contributed by atoms with E-state index in [0.717, 1.165) is 68.5 Å². The lowest BCUT2D eigenvalue weighted by atomic mass is 10.1. The van der Waals surface area contributed by atoms with Crippen LogP contribution in [0.25, 0.3) is 0 Å². The highest BCUT2D eigenvalue weighted by molar-refractivity contribution is 5.76. The van der Waals surface area contributed by atoms with E-state index < -0.39 is 0 Å². The van der Waals surface area contributed by atoms with Crippen LogP contribution in [-0.2, 0) is 24.2 Å². The number of rotatable bonds is 5. The molecule has 1 amide bonds. The van der Waals surface area contributed by atoms with Crippen LogP contribution < -0.4 is 9.64 Å². The molecular weight excluding hydrogens is 342 g/mol. The molecule has 0 aliphatic carbocycles. The second kappa shape index (κ2) is 7.72. The molecule has 6 heteroatoms. The van der Waals surface area contributed by atoms with Crippen LogP contribution in [0.5, 0.6) is 5.75 Å². The lowest BCUT2D eigenvalue weighted by molar-refractivity contribution is -0.917. The fourth-order valence-electron chi connectivity index (χ4n) is 4.14. The highest BCUT2D eigenvalue weighted by Crippen LogP contribution is 2.25. The number of carbonyl (C=O) groups is 1. The summed E-state index contributed by atoms with van der Waals surface area (Å²) >= 11 is 0. The molecule has 0 atom stereocenters. The molecule has 0 radical (unpaired) electrons. The van der Waals surface area contributed by atoms with E-state index in [9.17, 15) is 4.79 Å². The molecular formula is C21H28N3O3+. The number of quaternary nitrogens is 1. The maximum Gasteiger partial charge on any atom is 0.223 e. The summed E-state index contributed by atoms with van der Waals surface area (Å²) < 4.78 is 10.8. The van der Waals surface area contributed by atoms with E-state index in [1.165, 1.54) is 11.1 Å². The highest BCUT2D eigenvalue weighted by Gasteiger charge is 2.24. The molecule has 4 rings (SSSR count). The number of carbonyl (C=O) groups excluding carboxylic acids is 1. The molecule has 2 aliphatic heterocycles. The summed E-state index contributed by atoms with van der Waals surface area (Å²) in [6, 6.07) is 6.57. The number of hydrogen-bond donors (Lipinski definition) is 1. The van der Waals surface area contributed by atoms with Crippen molar-refractivity contribution in [1.82, 2.24) is 10.1 Å². The van der Waals surface area contributed by atoms with Gasteiger partial charge in [0.15, 0.2) is 0 Å². The molecule has 3 heterocycles. The van der Waals surface area contributed by atoms with E-state index >= 15 is 0 Å². The Morgan fingerprint density at radius 3 is 2.81 bits per heavy atom. The Balaban J connectivity index is 1.25. The minimum atomic E-state index is 0.240. The van der Waals surface area contributed by atoms with Gasteiger partial charge in [-0.25, -0.2) is 0 Å². The van der Waals surface area contributed by atoms with Crippen molar-refractivity contribution in [3.8, 4) is 5.75 Å². The fraction of sp³-hybridized carbons (Fsp3) is 0.524. The molecule has 2 aromatic rings. The Labute approximate surface area is 160 Å². The number of amides is 1. The van der Waals surface area contributed by atoms with Crippen LogP contribution in [0.1, 0.15) is 34.6 Å². The first-order chi connectivity index (χ1) is 13.1. The number of aromatic nitrogens is 1. The number of benzene rings is 1. The molecule has 0 bridgehead atoms. The van der Waals surface area contributed by atoms with Crippen LogP contribution in [0.2, 0.25) is 0 Å². The third-order valence-electron chi connectivity index (χ3n) is 5.80. The van der Waals surface area contributed by atoms with Gasteiger partial charge in [-0.1, -0.05) is 5.16 Å². The van der Waals surface area contributed by atoms with Crippen molar-refractivity contribution in [3.05, 3.63) is 46.3 Å². The molecule has 6 nitrogen and oxygen atoms in total. The van der Waals surface area contributed by atoms with Gasteiger partial charge < -0.3 is 19.1 Å². The summed E-state index contributed by atoms with van der Waals surface area (Å²) in [5, 5.41) is 3.97. The first kappa shape index (κ1) is 18.0. The van der Waals surface area contributed by atoms with Crippen LogP contribution in [0.3, 0.4) is 0 Å². The van der Waals surface area contributed by atoms with Crippen molar-refractivity contribution in [2.45, 2.75) is 39.7 Å². The zero-order valence-electron chi connectivity index (χ0n) is 16.2. The molecule has 144 valence electrons. The van der Waals surface area contributed by atoms with Crippen molar-refractivity contribution in [2.75, 3.05) is 32.8 Å². The summed E-state index contributed by atoms with van der Waals surface area (Å²) in [4.78, 5) is 16.1. The van der Waals surface area contributed by atoms with E-state index in [1.807, 2.05) is 18.7 Å².